The van der Waals surface area contributed by atoms with Gasteiger partial charge in [0.05, 0.1) is 6.10 Å². The van der Waals surface area contributed by atoms with Crippen LogP contribution in [0.15, 0.2) is 30.3 Å². The van der Waals surface area contributed by atoms with Gasteiger partial charge < -0.3 is 15.7 Å². The van der Waals surface area contributed by atoms with Crippen LogP contribution >= 0.6 is 0 Å². The molecule has 22 heavy (non-hydrogen) atoms. The van der Waals surface area contributed by atoms with E-state index in [0.29, 0.717) is 25.3 Å². The topological polar surface area (TPSA) is 61.4 Å². The molecule has 0 radical (unpaired) electrons. The first kappa shape index (κ1) is 17.0. The zero-order chi connectivity index (χ0) is 15.8. The third-order valence-electron chi connectivity index (χ3n) is 4.38. The summed E-state index contributed by atoms with van der Waals surface area (Å²) in [5.41, 5.74) is 1.17. The average Bonchev–Trinajstić information content (AvgIpc) is 3.03. The highest BCUT2D eigenvalue weighted by atomic mass is 16.3. The molecule has 0 spiro atoms. The minimum Gasteiger partial charge on any atom is -0.393 e. The lowest BCUT2D eigenvalue weighted by Gasteiger charge is -2.20. The molecule has 1 heterocycles. The van der Waals surface area contributed by atoms with E-state index in [2.05, 4.69) is 22.8 Å². The number of benzene rings is 1. The van der Waals surface area contributed by atoms with Crippen molar-refractivity contribution in [1.82, 2.24) is 10.6 Å². The maximum atomic E-state index is 12.0. The van der Waals surface area contributed by atoms with Crippen LogP contribution in [0.25, 0.3) is 0 Å². The van der Waals surface area contributed by atoms with E-state index in [9.17, 15) is 9.90 Å². The van der Waals surface area contributed by atoms with E-state index in [-0.39, 0.29) is 17.9 Å². The Hall–Kier alpha value is -1.39. The largest absolute Gasteiger partial charge is 0.393 e. The zero-order valence-corrected chi connectivity index (χ0v) is 13.4. The second-order valence-electron chi connectivity index (χ2n) is 6.39. The van der Waals surface area contributed by atoms with Crippen LogP contribution in [0.5, 0.6) is 0 Å². The van der Waals surface area contributed by atoms with E-state index in [4.69, 9.17) is 0 Å². The molecular weight excluding hydrogens is 276 g/mol. The van der Waals surface area contributed by atoms with Gasteiger partial charge in [0.25, 0.3) is 0 Å². The molecule has 3 unspecified atom stereocenters. The van der Waals surface area contributed by atoms with Gasteiger partial charge in [0.2, 0.25) is 5.91 Å². The molecule has 0 bridgehead atoms. The summed E-state index contributed by atoms with van der Waals surface area (Å²) in [6.45, 7) is 4.51. The number of aliphatic hydroxyl groups excluding tert-OH is 1. The van der Waals surface area contributed by atoms with Crippen LogP contribution in [-0.2, 0) is 4.79 Å². The second-order valence-corrected chi connectivity index (χ2v) is 6.39. The molecule has 1 fully saturated rings. The van der Waals surface area contributed by atoms with Gasteiger partial charge in [-0.3, -0.25) is 4.79 Å². The molecule has 4 nitrogen and oxygen atoms in total. The van der Waals surface area contributed by atoms with Crippen molar-refractivity contribution in [2.75, 3.05) is 19.6 Å². The monoisotopic (exact) mass is 304 g/mol. The molecule has 3 N–H and O–H groups in total. The Kier molecular flexibility index (Phi) is 6.87. The third kappa shape index (κ3) is 5.78. The van der Waals surface area contributed by atoms with Crippen molar-refractivity contribution < 1.29 is 9.90 Å². The molecular formula is C18H28N2O2. The van der Waals surface area contributed by atoms with Crippen molar-refractivity contribution in [2.24, 2.45) is 5.92 Å². The van der Waals surface area contributed by atoms with Crippen molar-refractivity contribution in [2.45, 2.75) is 44.6 Å². The van der Waals surface area contributed by atoms with E-state index in [1.54, 1.807) is 6.92 Å². The van der Waals surface area contributed by atoms with Gasteiger partial charge in [0, 0.05) is 18.9 Å². The van der Waals surface area contributed by atoms with Crippen LogP contribution in [0.2, 0.25) is 0 Å². The lowest BCUT2D eigenvalue weighted by atomic mass is 9.93. The van der Waals surface area contributed by atoms with Gasteiger partial charge in [0.1, 0.15) is 0 Å². The molecule has 0 aromatic heterocycles. The first-order chi connectivity index (χ1) is 10.6. The van der Waals surface area contributed by atoms with Crippen LogP contribution in [0.3, 0.4) is 0 Å². The first-order valence-electron chi connectivity index (χ1n) is 8.35. The number of rotatable bonds is 8. The summed E-state index contributed by atoms with van der Waals surface area (Å²) in [6, 6.07) is 10.1. The van der Waals surface area contributed by atoms with E-state index < -0.39 is 0 Å². The van der Waals surface area contributed by atoms with Gasteiger partial charge in [-0.05, 0) is 50.8 Å². The van der Waals surface area contributed by atoms with Gasteiger partial charge in [-0.25, -0.2) is 0 Å². The molecule has 1 aromatic rings. The van der Waals surface area contributed by atoms with Gasteiger partial charge >= 0.3 is 0 Å². The van der Waals surface area contributed by atoms with Crippen molar-refractivity contribution in [1.29, 1.82) is 0 Å². The van der Waals surface area contributed by atoms with Crippen molar-refractivity contribution in [3.8, 4) is 0 Å². The number of hydrogen-bond acceptors (Lipinski definition) is 3. The first-order valence-corrected chi connectivity index (χ1v) is 8.35. The highest BCUT2D eigenvalue weighted by Gasteiger charge is 2.18. The number of carbonyl (C=O) groups excluding carboxylic acids is 1. The molecule has 1 amide bonds. The molecule has 1 aromatic carbocycles. The van der Waals surface area contributed by atoms with E-state index in [0.717, 1.165) is 19.5 Å². The molecule has 122 valence electrons. The fourth-order valence-electron chi connectivity index (χ4n) is 3.10. The van der Waals surface area contributed by atoms with Crippen LogP contribution in [-0.4, -0.2) is 36.8 Å². The number of nitrogens with one attached hydrogen (secondary N) is 2. The Morgan fingerprint density at radius 1 is 1.41 bits per heavy atom. The van der Waals surface area contributed by atoms with Crippen molar-refractivity contribution >= 4 is 5.91 Å². The maximum Gasteiger partial charge on any atom is 0.220 e. The summed E-state index contributed by atoms with van der Waals surface area (Å²) >= 11 is 0. The van der Waals surface area contributed by atoms with Crippen LogP contribution in [0, 0.1) is 5.92 Å². The molecule has 3 atom stereocenters. The Labute approximate surface area is 133 Å². The Morgan fingerprint density at radius 2 is 2.18 bits per heavy atom. The predicted octanol–water partition coefficient (Wildman–Crippen LogP) is 2.05. The van der Waals surface area contributed by atoms with Crippen LogP contribution < -0.4 is 10.6 Å². The smallest absolute Gasteiger partial charge is 0.220 e. The summed E-state index contributed by atoms with van der Waals surface area (Å²) < 4.78 is 0. The van der Waals surface area contributed by atoms with E-state index >= 15 is 0 Å². The molecule has 0 aliphatic carbocycles. The van der Waals surface area contributed by atoms with E-state index in [1.807, 2.05) is 18.2 Å². The molecule has 4 heteroatoms. The normalized spacial score (nSPS) is 20.5. The summed E-state index contributed by atoms with van der Waals surface area (Å²) in [7, 11) is 0. The van der Waals surface area contributed by atoms with Crippen LogP contribution in [0.1, 0.15) is 44.1 Å². The predicted molar refractivity (Wildman–Crippen MR) is 88.7 cm³/mol. The fraction of sp³-hybridized carbons (Fsp3) is 0.611. The minimum absolute atomic E-state index is 0.124. The summed E-state index contributed by atoms with van der Waals surface area (Å²) in [6.07, 6.45) is 3.04. The lowest BCUT2D eigenvalue weighted by Crippen LogP contribution is -2.30. The van der Waals surface area contributed by atoms with Crippen LogP contribution in [0.4, 0.5) is 0 Å². The number of amides is 1. The van der Waals surface area contributed by atoms with Gasteiger partial charge in [-0.2, -0.15) is 0 Å². The fourth-order valence-corrected chi connectivity index (χ4v) is 3.10. The SMILES string of the molecule is CC(O)CC(CNC(=O)CCC1CCNC1)c1ccccc1. The average molecular weight is 304 g/mol. The second kappa shape index (κ2) is 8.91. The molecule has 2 rings (SSSR count). The number of aliphatic hydroxyl groups is 1. The third-order valence-corrected chi connectivity index (χ3v) is 4.38. The Bertz CT molecular complexity index is 442. The number of hydrogen-bond donors (Lipinski definition) is 3. The zero-order valence-electron chi connectivity index (χ0n) is 13.4. The highest BCUT2D eigenvalue weighted by molar-refractivity contribution is 5.75. The summed E-state index contributed by atoms with van der Waals surface area (Å²) in [5, 5.41) is 16.0. The van der Waals surface area contributed by atoms with Gasteiger partial charge in [-0.1, -0.05) is 30.3 Å². The molecule has 1 saturated heterocycles. The molecule has 1 aliphatic rings. The summed E-state index contributed by atoms with van der Waals surface area (Å²) in [4.78, 5) is 12.0. The quantitative estimate of drug-likeness (QED) is 0.689. The van der Waals surface area contributed by atoms with E-state index in [1.165, 1.54) is 12.0 Å². The van der Waals surface area contributed by atoms with Gasteiger partial charge in [0.15, 0.2) is 0 Å². The maximum absolute atomic E-state index is 12.0. The minimum atomic E-state index is -0.369. The van der Waals surface area contributed by atoms with Crippen molar-refractivity contribution in [3.05, 3.63) is 35.9 Å². The highest BCUT2D eigenvalue weighted by Crippen LogP contribution is 2.20. The Balaban J connectivity index is 1.78. The summed E-state index contributed by atoms with van der Waals surface area (Å²) in [5.74, 6) is 0.935. The molecule has 1 aliphatic heterocycles. The van der Waals surface area contributed by atoms with Crippen molar-refractivity contribution in [3.63, 3.8) is 0 Å². The van der Waals surface area contributed by atoms with Gasteiger partial charge in [-0.15, -0.1) is 0 Å². The lowest BCUT2D eigenvalue weighted by molar-refractivity contribution is -0.121. The Morgan fingerprint density at radius 3 is 2.82 bits per heavy atom. The number of carbonyl (C=O) groups is 1. The molecule has 0 saturated carbocycles. The standard InChI is InChI=1S/C18H28N2O2/c1-14(21)11-17(16-5-3-2-4-6-16)13-20-18(22)8-7-15-9-10-19-12-15/h2-6,14-15,17,19,21H,7-13H2,1H3,(H,20,22).